The lowest BCUT2D eigenvalue weighted by Crippen LogP contribution is -2.40. The van der Waals surface area contributed by atoms with Gasteiger partial charge in [-0.3, -0.25) is 4.79 Å². The van der Waals surface area contributed by atoms with E-state index in [-0.39, 0.29) is 11.9 Å². The predicted molar refractivity (Wildman–Crippen MR) is 116 cm³/mol. The molecule has 1 aliphatic heterocycles. The molecule has 2 aromatic carbocycles. The molecule has 1 aromatic heterocycles. The van der Waals surface area contributed by atoms with E-state index in [1.54, 1.807) is 20.5 Å². The molecule has 4 rings (SSSR count). The summed E-state index contributed by atoms with van der Waals surface area (Å²) < 4.78 is 16.9. The molecule has 0 radical (unpaired) electrons. The number of methoxy groups -OCH3 is 2. The Balaban J connectivity index is 1.82. The summed E-state index contributed by atoms with van der Waals surface area (Å²) in [5.41, 5.74) is 3.67. The van der Waals surface area contributed by atoms with Gasteiger partial charge in [-0.25, -0.2) is 0 Å². The van der Waals surface area contributed by atoms with Gasteiger partial charge in [0.25, 0.3) is 5.91 Å². The van der Waals surface area contributed by atoms with E-state index in [0.717, 1.165) is 22.6 Å². The van der Waals surface area contributed by atoms with Gasteiger partial charge in [0.05, 0.1) is 20.5 Å². The Labute approximate surface area is 176 Å². The van der Waals surface area contributed by atoms with Crippen molar-refractivity contribution in [1.29, 1.82) is 0 Å². The highest BCUT2D eigenvalue weighted by atomic mass is 16.5. The first-order valence-corrected chi connectivity index (χ1v) is 9.90. The zero-order valence-corrected chi connectivity index (χ0v) is 17.7. The van der Waals surface area contributed by atoms with Gasteiger partial charge in [0.1, 0.15) is 23.3 Å². The van der Waals surface area contributed by atoms with E-state index in [2.05, 4.69) is 0 Å². The SMILES string of the molecule is COc1cc2c(c(OC)c1)C(c1ccco1)N(C(=O)c1cccc(N(C)C)c1)CC2. The number of nitrogens with zero attached hydrogens (tertiary/aromatic N) is 2. The topological polar surface area (TPSA) is 55.2 Å². The van der Waals surface area contributed by atoms with E-state index in [4.69, 9.17) is 13.9 Å². The van der Waals surface area contributed by atoms with Crippen molar-refractivity contribution in [1.82, 2.24) is 4.90 Å². The molecule has 1 amide bonds. The van der Waals surface area contributed by atoms with Crippen LogP contribution in [0.1, 0.15) is 33.3 Å². The van der Waals surface area contributed by atoms with Crippen LogP contribution in [0.15, 0.2) is 59.2 Å². The highest BCUT2D eigenvalue weighted by molar-refractivity contribution is 5.96. The van der Waals surface area contributed by atoms with Crippen LogP contribution < -0.4 is 14.4 Å². The normalized spacial score (nSPS) is 15.5. The van der Waals surface area contributed by atoms with Crippen molar-refractivity contribution in [3.63, 3.8) is 0 Å². The molecule has 0 bridgehead atoms. The van der Waals surface area contributed by atoms with Crippen LogP contribution in [0.5, 0.6) is 11.5 Å². The maximum Gasteiger partial charge on any atom is 0.254 e. The first-order valence-electron chi connectivity index (χ1n) is 9.90. The van der Waals surface area contributed by atoms with Crippen molar-refractivity contribution in [3.8, 4) is 11.5 Å². The Kier molecular flexibility index (Phi) is 5.40. The smallest absolute Gasteiger partial charge is 0.254 e. The number of carbonyl (C=O) groups excluding carboxylic acids is 1. The quantitative estimate of drug-likeness (QED) is 0.637. The Morgan fingerprint density at radius 3 is 2.60 bits per heavy atom. The predicted octanol–water partition coefficient (Wildman–Crippen LogP) is 4.15. The third-order valence-electron chi connectivity index (χ3n) is 5.55. The Morgan fingerprint density at radius 2 is 1.93 bits per heavy atom. The highest BCUT2D eigenvalue weighted by Crippen LogP contribution is 2.43. The molecule has 2 heterocycles. The molecule has 3 aromatic rings. The zero-order valence-electron chi connectivity index (χ0n) is 17.7. The van der Waals surface area contributed by atoms with Crippen molar-refractivity contribution >= 4 is 11.6 Å². The summed E-state index contributed by atoms with van der Waals surface area (Å²) in [5.74, 6) is 2.09. The minimum atomic E-state index is -0.375. The second-order valence-electron chi connectivity index (χ2n) is 7.51. The number of amides is 1. The summed E-state index contributed by atoms with van der Waals surface area (Å²) in [6.45, 7) is 0.569. The molecule has 0 fully saturated rings. The van der Waals surface area contributed by atoms with Crippen molar-refractivity contribution in [3.05, 3.63) is 77.2 Å². The van der Waals surface area contributed by atoms with Crippen LogP contribution in [0.2, 0.25) is 0 Å². The molecular formula is C24H26N2O4. The van der Waals surface area contributed by atoms with Crippen molar-refractivity contribution in [2.45, 2.75) is 12.5 Å². The first-order chi connectivity index (χ1) is 14.5. The molecule has 1 atom stereocenters. The first kappa shape index (κ1) is 19.9. The lowest BCUT2D eigenvalue weighted by molar-refractivity contribution is 0.0673. The van der Waals surface area contributed by atoms with Gasteiger partial charge in [-0.15, -0.1) is 0 Å². The molecule has 0 aliphatic carbocycles. The summed E-state index contributed by atoms with van der Waals surface area (Å²) in [4.78, 5) is 17.5. The van der Waals surface area contributed by atoms with Crippen LogP contribution in [0.3, 0.4) is 0 Å². The summed E-state index contributed by atoms with van der Waals surface area (Å²) in [6, 6.07) is 14.9. The van der Waals surface area contributed by atoms with Crippen LogP contribution >= 0.6 is 0 Å². The highest BCUT2D eigenvalue weighted by Gasteiger charge is 2.37. The van der Waals surface area contributed by atoms with E-state index >= 15 is 0 Å². The van der Waals surface area contributed by atoms with Gasteiger partial charge in [-0.05, 0) is 48.4 Å². The molecule has 0 N–H and O–H groups in total. The van der Waals surface area contributed by atoms with Gasteiger partial charge in [-0.1, -0.05) is 6.07 Å². The summed E-state index contributed by atoms with van der Waals surface area (Å²) in [7, 11) is 7.20. The third-order valence-corrected chi connectivity index (χ3v) is 5.55. The zero-order chi connectivity index (χ0) is 21.3. The number of benzene rings is 2. The summed E-state index contributed by atoms with van der Waals surface area (Å²) in [5, 5.41) is 0. The molecule has 156 valence electrons. The fourth-order valence-corrected chi connectivity index (χ4v) is 4.03. The van der Waals surface area contributed by atoms with Gasteiger partial charge in [0.2, 0.25) is 0 Å². The molecule has 6 heteroatoms. The third kappa shape index (κ3) is 3.49. The molecular weight excluding hydrogens is 380 g/mol. The number of hydrogen-bond donors (Lipinski definition) is 0. The fraction of sp³-hybridized carbons (Fsp3) is 0.292. The number of furan rings is 1. The second kappa shape index (κ2) is 8.14. The molecule has 0 saturated heterocycles. The summed E-state index contributed by atoms with van der Waals surface area (Å²) in [6.07, 6.45) is 2.34. The standard InChI is InChI=1S/C24H26N2O4/c1-25(2)18-8-5-7-17(13-18)24(27)26-11-10-16-14-19(28-3)15-21(29-4)22(16)23(26)20-9-6-12-30-20/h5-9,12-15,23H,10-11H2,1-4H3. The fourth-order valence-electron chi connectivity index (χ4n) is 4.03. The maximum atomic E-state index is 13.6. The molecule has 1 aliphatic rings. The van der Waals surface area contributed by atoms with E-state index < -0.39 is 0 Å². The number of ether oxygens (including phenoxy) is 2. The van der Waals surface area contributed by atoms with Crippen LogP contribution in [0, 0.1) is 0 Å². The molecule has 30 heavy (non-hydrogen) atoms. The molecule has 0 spiro atoms. The minimum absolute atomic E-state index is 0.0383. The Morgan fingerprint density at radius 1 is 1.10 bits per heavy atom. The summed E-state index contributed by atoms with van der Waals surface area (Å²) >= 11 is 0. The Hall–Kier alpha value is -3.41. The van der Waals surface area contributed by atoms with Crippen molar-refractivity contribution in [2.24, 2.45) is 0 Å². The Bertz CT molecular complexity index is 1030. The van der Waals surface area contributed by atoms with E-state index in [1.165, 1.54) is 0 Å². The van der Waals surface area contributed by atoms with E-state index in [9.17, 15) is 4.79 Å². The minimum Gasteiger partial charge on any atom is -0.497 e. The van der Waals surface area contributed by atoms with Gasteiger partial charge < -0.3 is 23.7 Å². The molecule has 0 saturated carbocycles. The van der Waals surface area contributed by atoms with Crippen LogP contribution in [0.4, 0.5) is 5.69 Å². The second-order valence-corrected chi connectivity index (χ2v) is 7.51. The number of hydrogen-bond acceptors (Lipinski definition) is 5. The molecule has 6 nitrogen and oxygen atoms in total. The monoisotopic (exact) mass is 406 g/mol. The number of fused-ring (bicyclic) bond motifs is 1. The van der Waals surface area contributed by atoms with E-state index in [1.807, 2.05) is 72.4 Å². The van der Waals surface area contributed by atoms with Crippen molar-refractivity contribution in [2.75, 3.05) is 39.8 Å². The van der Waals surface area contributed by atoms with Crippen LogP contribution in [-0.2, 0) is 6.42 Å². The van der Waals surface area contributed by atoms with Gasteiger partial charge in [0.15, 0.2) is 0 Å². The van der Waals surface area contributed by atoms with Crippen LogP contribution in [-0.4, -0.2) is 45.7 Å². The number of carbonyl (C=O) groups is 1. The van der Waals surface area contributed by atoms with Gasteiger partial charge >= 0.3 is 0 Å². The lowest BCUT2D eigenvalue weighted by atomic mass is 9.89. The van der Waals surface area contributed by atoms with Crippen molar-refractivity contribution < 1.29 is 18.7 Å². The van der Waals surface area contributed by atoms with Gasteiger partial charge in [-0.2, -0.15) is 0 Å². The van der Waals surface area contributed by atoms with Crippen LogP contribution in [0.25, 0.3) is 0 Å². The largest absolute Gasteiger partial charge is 0.497 e. The lowest BCUT2D eigenvalue weighted by Gasteiger charge is -2.37. The van der Waals surface area contributed by atoms with Gasteiger partial charge in [0, 0.05) is 43.5 Å². The average molecular weight is 406 g/mol. The molecule has 1 unspecified atom stereocenters. The average Bonchev–Trinajstić information content (AvgIpc) is 3.31. The number of rotatable bonds is 5. The maximum absolute atomic E-state index is 13.6. The van der Waals surface area contributed by atoms with E-state index in [0.29, 0.717) is 30.0 Å². The number of anilines is 1.